The van der Waals surface area contributed by atoms with Crippen LogP contribution in [0.15, 0.2) is 101 Å². The van der Waals surface area contributed by atoms with E-state index in [0.717, 1.165) is 34.1 Å². The monoisotopic (exact) mass is 571 g/mol. The number of halogens is 2. The molecule has 0 aliphatic carbocycles. The maximum atomic E-state index is 13.4. The summed E-state index contributed by atoms with van der Waals surface area (Å²) in [6, 6.07) is 20.2. The molecule has 2 heterocycles. The second-order valence-electron chi connectivity index (χ2n) is 9.54. The Hall–Kier alpha value is -4.41. The number of carbonyl (C=O) groups excluding carboxylic acids is 1. The van der Waals surface area contributed by atoms with E-state index in [2.05, 4.69) is 15.4 Å². The van der Waals surface area contributed by atoms with E-state index in [4.69, 9.17) is 0 Å². The first-order valence-corrected chi connectivity index (χ1v) is 13.9. The summed E-state index contributed by atoms with van der Waals surface area (Å²) in [7, 11) is 1.80. The summed E-state index contributed by atoms with van der Waals surface area (Å²) < 4.78 is 30.0. The molecule has 1 atom stereocenters. The second kappa shape index (κ2) is 12.8. The number of thioether (sulfide) groups is 1. The summed E-state index contributed by atoms with van der Waals surface area (Å²) >= 11 is 1.29. The Morgan fingerprint density at radius 1 is 0.878 bits per heavy atom. The molecule has 5 rings (SSSR count). The van der Waals surface area contributed by atoms with Gasteiger partial charge in [0.25, 0.3) is 5.56 Å². The number of hydrogen-bond acceptors (Lipinski definition) is 6. The van der Waals surface area contributed by atoms with Crippen LogP contribution >= 0.6 is 11.8 Å². The average molecular weight is 572 g/mol. The van der Waals surface area contributed by atoms with Crippen molar-refractivity contribution in [3.8, 4) is 11.1 Å². The minimum Gasteiger partial charge on any atom is -0.304 e. The molecule has 0 saturated heterocycles. The fraction of sp³-hybridized carbons (Fsp3) is 0.161. The lowest BCUT2D eigenvalue weighted by Crippen LogP contribution is -2.31. The van der Waals surface area contributed by atoms with Crippen molar-refractivity contribution in [2.75, 3.05) is 0 Å². The first kappa shape index (κ1) is 28.1. The largest absolute Gasteiger partial charge is 0.304 e. The van der Waals surface area contributed by atoms with Gasteiger partial charge in [-0.3, -0.25) is 19.6 Å². The van der Waals surface area contributed by atoms with Crippen LogP contribution in [0.1, 0.15) is 28.4 Å². The molecule has 5 aromatic rings. The Morgan fingerprint density at radius 2 is 1.49 bits per heavy atom. The predicted octanol–water partition coefficient (Wildman–Crippen LogP) is 5.29. The van der Waals surface area contributed by atoms with Gasteiger partial charge in [0, 0.05) is 43.7 Å². The highest BCUT2D eigenvalue weighted by atomic mass is 32.2. The maximum absolute atomic E-state index is 13.4. The molecular formula is C31H27F2N5O2S. The van der Waals surface area contributed by atoms with Gasteiger partial charge >= 0.3 is 0 Å². The highest BCUT2D eigenvalue weighted by molar-refractivity contribution is 7.98. The summed E-state index contributed by atoms with van der Waals surface area (Å²) in [5.41, 5.74) is 4.54. The summed E-state index contributed by atoms with van der Waals surface area (Å²) in [5.74, 6) is -0.180. The van der Waals surface area contributed by atoms with E-state index in [-0.39, 0.29) is 17.2 Å². The summed E-state index contributed by atoms with van der Waals surface area (Å²) in [4.78, 5) is 29.6. The molecule has 0 aliphatic heterocycles. The first-order chi connectivity index (χ1) is 19.9. The van der Waals surface area contributed by atoms with Crippen molar-refractivity contribution in [3.05, 3.63) is 136 Å². The Balaban J connectivity index is 1.37. The highest BCUT2D eigenvalue weighted by Gasteiger charge is 2.18. The molecule has 0 aliphatic rings. The molecule has 7 nitrogen and oxygen atoms in total. The predicted molar refractivity (Wildman–Crippen MR) is 154 cm³/mol. The van der Waals surface area contributed by atoms with E-state index in [0.29, 0.717) is 29.4 Å². The Labute approximate surface area is 239 Å². The fourth-order valence-electron chi connectivity index (χ4n) is 4.33. The molecule has 10 heteroatoms. The lowest BCUT2D eigenvalue weighted by atomic mass is 10.0. The van der Waals surface area contributed by atoms with Crippen molar-refractivity contribution in [3.63, 3.8) is 0 Å². The molecule has 0 fully saturated rings. The molecule has 0 amide bonds. The highest BCUT2D eigenvalue weighted by Crippen LogP contribution is 2.24. The van der Waals surface area contributed by atoms with Crippen molar-refractivity contribution < 1.29 is 13.6 Å². The molecular weight excluding hydrogens is 544 g/mol. The van der Waals surface area contributed by atoms with Gasteiger partial charge in [-0.05, 0) is 52.1 Å². The number of nitrogens with zero attached hydrogens (tertiary/aromatic N) is 4. The van der Waals surface area contributed by atoms with Crippen molar-refractivity contribution in [1.29, 1.82) is 0 Å². The number of hydrogen-bond donors (Lipinski definition) is 1. The lowest BCUT2D eigenvalue weighted by molar-refractivity contribution is -0.111. The molecule has 41 heavy (non-hydrogen) atoms. The molecule has 0 radical (unpaired) electrons. The molecule has 1 unspecified atom stereocenters. The average Bonchev–Trinajstić information content (AvgIpc) is 3.39. The van der Waals surface area contributed by atoms with Gasteiger partial charge in [0.2, 0.25) is 0 Å². The third kappa shape index (κ3) is 7.22. The third-order valence-corrected chi connectivity index (χ3v) is 7.54. The van der Waals surface area contributed by atoms with Crippen molar-refractivity contribution in [1.82, 2.24) is 24.6 Å². The van der Waals surface area contributed by atoms with Crippen LogP contribution in [0, 0.1) is 11.6 Å². The number of nitrogens with one attached hydrogen (secondary N) is 1. The van der Waals surface area contributed by atoms with E-state index in [1.807, 2.05) is 30.5 Å². The van der Waals surface area contributed by atoms with Gasteiger partial charge in [0.15, 0.2) is 11.4 Å². The van der Waals surface area contributed by atoms with Crippen LogP contribution in [-0.4, -0.2) is 25.6 Å². The van der Waals surface area contributed by atoms with Crippen molar-refractivity contribution in [2.45, 2.75) is 30.0 Å². The number of aldehydes is 1. The smallest absolute Gasteiger partial charge is 0.277 e. The number of aryl methyl sites for hydroxylation is 1. The normalized spacial score (nSPS) is 11.9. The molecule has 3 aromatic carbocycles. The van der Waals surface area contributed by atoms with Gasteiger partial charge in [-0.15, -0.1) is 0 Å². The van der Waals surface area contributed by atoms with Gasteiger partial charge in [0.05, 0.1) is 6.20 Å². The Kier molecular flexibility index (Phi) is 8.81. The first-order valence-electron chi connectivity index (χ1n) is 12.9. The van der Waals surface area contributed by atoms with Gasteiger partial charge < -0.3 is 4.57 Å². The Bertz CT molecular complexity index is 1680. The third-order valence-electron chi connectivity index (χ3n) is 6.50. The minimum atomic E-state index is -0.803. The van der Waals surface area contributed by atoms with Gasteiger partial charge in [-0.1, -0.05) is 60.3 Å². The fourth-order valence-corrected chi connectivity index (χ4v) is 5.28. The van der Waals surface area contributed by atoms with Crippen molar-refractivity contribution in [2.24, 2.45) is 7.05 Å². The molecule has 208 valence electrons. The van der Waals surface area contributed by atoms with Gasteiger partial charge in [-0.25, -0.2) is 8.78 Å². The SMILES string of the molecule is Cn1cc(Cc2cn(C(C=O)NCc3ccc(-c4ccc(F)cc4)cc3)c(SCc3ccc(F)cc3)nc2=O)cn1. The van der Waals surface area contributed by atoms with E-state index < -0.39 is 6.17 Å². The van der Waals surface area contributed by atoms with E-state index >= 15 is 0 Å². The Morgan fingerprint density at radius 3 is 2.10 bits per heavy atom. The molecule has 2 aromatic heterocycles. The molecule has 0 saturated carbocycles. The topological polar surface area (TPSA) is 81.8 Å². The van der Waals surface area contributed by atoms with Gasteiger partial charge in [0.1, 0.15) is 17.8 Å². The molecule has 0 bridgehead atoms. The maximum Gasteiger partial charge on any atom is 0.277 e. The van der Waals surface area contributed by atoms with Gasteiger partial charge in [-0.2, -0.15) is 10.1 Å². The van der Waals surface area contributed by atoms with E-state index in [9.17, 15) is 18.4 Å². The number of benzene rings is 3. The minimum absolute atomic E-state index is 0.287. The van der Waals surface area contributed by atoms with Crippen LogP contribution in [0.4, 0.5) is 8.78 Å². The van der Waals surface area contributed by atoms with Crippen LogP contribution < -0.4 is 10.9 Å². The molecule has 0 spiro atoms. The van der Waals surface area contributed by atoms with E-state index in [1.165, 1.54) is 36.0 Å². The van der Waals surface area contributed by atoms with E-state index in [1.54, 1.807) is 53.0 Å². The second-order valence-corrected chi connectivity index (χ2v) is 10.5. The van der Waals surface area contributed by atoms with Crippen LogP contribution in [0.25, 0.3) is 11.1 Å². The zero-order valence-electron chi connectivity index (χ0n) is 22.2. The van der Waals surface area contributed by atoms with Crippen LogP contribution in [0.5, 0.6) is 0 Å². The zero-order chi connectivity index (χ0) is 28.8. The number of carbonyl (C=O) groups is 1. The summed E-state index contributed by atoms with van der Waals surface area (Å²) in [6.45, 7) is 0.374. The standard InChI is InChI=1S/C31H27F2N5O2S/c1-37-17-23(16-35-37)14-26-18-38(31(36-30(26)40)41-20-22-4-10-27(32)11-5-22)29(19-39)34-15-21-2-6-24(7-3-21)25-8-12-28(33)13-9-25/h2-13,16-19,29,34H,14-15,20H2,1H3. The molecule has 1 N–H and O–H groups in total. The summed E-state index contributed by atoms with van der Waals surface area (Å²) in [5, 5.41) is 7.79. The number of aromatic nitrogens is 4. The lowest BCUT2D eigenvalue weighted by Gasteiger charge is -2.21. The number of rotatable bonds is 11. The van der Waals surface area contributed by atoms with Crippen LogP contribution in [0.2, 0.25) is 0 Å². The quantitative estimate of drug-likeness (QED) is 0.132. The van der Waals surface area contributed by atoms with Crippen molar-refractivity contribution >= 4 is 18.0 Å². The van der Waals surface area contributed by atoms with Crippen LogP contribution in [-0.2, 0) is 30.6 Å². The zero-order valence-corrected chi connectivity index (χ0v) is 23.0. The van der Waals surface area contributed by atoms with Crippen LogP contribution in [0.3, 0.4) is 0 Å². The summed E-state index contributed by atoms with van der Waals surface area (Å²) in [6.07, 6.45) is 5.47.